The van der Waals surface area contributed by atoms with E-state index in [1.807, 2.05) is 12.1 Å². The molecule has 11 heteroatoms. The molecule has 38 heavy (non-hydrogen) atoms. The molecule has 1 aromatic heterocycles. The lowest BCUT2D eigenvalue weighted by Gasteiger charge is -2.46. The van der Waals surface area contributed by atoms with Crippen molar-refractivity contribution in [3.05, 3.63) is 53.7 Å². The third-order valence-corrected chi connectivity index (χ3v) is 7.81. The molecule has 2 aliphatic heterocycles. The number of alkyl halides is 3. The maximum Gasteiger partial charge on any atom is 0.417 e. The van der Waals surface area contributed by atoms with Crippen LogP contribution in [-0.2, 0) is 21.1 Å². The Labute approximate surface area is 219 Å². The van der Waals surface area contributed by atoms with Crippen LogP contribution in [0.2, 0.25) is 0 Å². The number of amides is 3. The molecule has 0 radical (unpaired) electrons. The van der Waals surface area contributed by atoms with Crippen LogP contribution in [0.15, 0.2) is 42.6 Å². The fraction of sp³-hybridized carbons (Fsp3) is 0.519. The molecule has 1 atom stereocenters. The second-order valence-electron chi connectivity index (χ2n) is 10.3. The van der Waals surface area contributed by atoms with Crippen LogP contribution in [0.4, 0.5) is 29.5 Å². The summed E-state index contributed by atoms with van der Waals surface area (Å²) in [4.78, 5) is 33.5. The van der Waals surface area contributed by atoms with Crippen LogP contribution in [0, 0.1) is 0 Å². The fourth-order valence-corrected chi connectivity index (χ4v) is 5.54. The molecular formula is C27H32F3N5O3. The van der Waals surface area contributed by atoms with Gasteiger partial charge in [-0.15, -0.1) is 0 Å². The highest BCUT2D eigenvalue weighted by molar-refractivity contribution is 6.01. The summed E-state index contributed by atoms with van der Waals surface area (Å²) < 4.78 is 43.7. The average molecular weight is 532 g/mol. The van der Waals surface area contributed by atoms with E-state index >= 15 is 0 Å². The predicted molar refractivity (Wildman–Crippen MR) is 136 cm³/mol. The summed E-state index contributed by atoms with van der Waals surface area (Å²) in [6.07, 6.45) is 0.852. The minimum Gasteiger partial charge on any atom is -0.379 e. The van der Waals surface area contributed by atoms with Crippen molar-refractivity contribution in [3.8, 4) is 0 Å². The molecule has 8 nitrogen and oxygen atoms in total. The van der Waals surface area contributed by atoms with Gasteiger partial charge in [0.05, 0.1) is 18.8 Å². The molecule has 2 N–H and O–H groups in total. The number of hydrogen-bond donors (Lipinski definition) is 2. The minimum absolute atomic E-state index is 0.0341. The summed E-state index contributed by atoms with van der Waals surface area (Å²) in [5.41, 5.74) is 1.32. The van der Waals surface area contributed by atoms with Gasteiger partial charge in [-0.1, -0.05) is 18.6 Å². The molecule has 3 heterocycles. The summed E-state index contributed by atoms with van der Waals surface area (Å²) in [6.45, 7) is 5.04. The first-order valence-corrected chi connectivity index (χ1v) is 13.1. The Morgan fingerprint density at radius 1 is 1.05 bits per heavy atom. The number of carbonyl (C=O) groups is 2. The van der Waals surface area contributed by atoms with Crippen LogP contribution in [0.5, 0.6) is 0 Å². The molecule has 0 spiro atoms. The molecule has 3 fully saturated rings. The number of hydrogen-bond acceptors (Lipinski definition) is 5. The molecule has 3 amide bonds. The van der Waals surface area contributed by atoms with Gasteiger partial charge in [0.2, 0.25) is 5.91 Å². The van der Waals surface area contributed by atoms with Crippen molar-refractivity contribution in [2.75, 3.05) is 49.6 Å². The molecule has 3 aliphatic rings. The van der Waals surface area contributed by atoms with Gasteiger partial charge in [0.1, 0.15) is 11.9 Å². The molecule has 2 aromatic rings. The van der Waals surface area contributed by atoms with Crippen LogP contribution in [0.25, 0.3) is 0 Å². The summed E-state index contributed by atoms with van der Waals surface area (Å²) in [6, 6.07) is 8.72. The number of ether oxygens (including phenoxy) is 1. The molecule has 5 rings (SSSR count). The number of aromatic nitrogens is 1. The molecule has 1 aliphatic carbocycles. The Hall–Kier alpha value is -3.18. The van der Waals surface area contributed by atoms with E-state index in [2.05, 4.69) is 32.7 Å². The van der Waals surface area contributed by atoms with E-state index in [1.165, 1.54) is 12.0 Å². The van der Waals surface area contributed by atoms with E-state index in [-0.39, 0.29) is 17.1 Å². The van der Waals surface area contributed by atoms with E-state index in [0.717, 1.165) is 63.5 Å². The highest BCUT2D eigenvalue weighted by atomic mass is 19.4. The number of anilines is 2. The number of morpholine rings is 1. The lowest BCUT2D eigenvalue weighted by atomic mass is 9.64. The molecule has 1 saturated carbocycles. The fourth-order valence-electron chi connectivity index (χ4n) is 5.54. The number of benzene rings is 1. The number of carbonyl (C=O) groups excluding carboxylic acids is 2. The molecular weight excluding hydrogens is 499 g/mol. The van der Waals surface area contributed by atoms with Crippen molar-refractivity contribution in [3.63, 3.8) is 0 Å². The van der Waals surface area contributed by atoms with E-state index in [1.54, 1.807) is 4.90 Å². The lowest BCUT2D eigenvalue weighted by Crippen LogP contribution is -2.53. The Kier molecular flexibility index (Phi) is 7.58. The summed E-state index contributed by atoms with van der Waals surface area (Å²) >= 11 is 0. The van der Waals surface area contributed by atoms with Crippen LogP contribution < -0.4 is 15.5 Å². The van der Waals surface area contributed by atoms with Crippen LogP contribution in [-0.4, -0.2) is 67.3 Å². The van der Waals surface area contributed by atoms with Gasteiger partial charge in [-0.05, 0) is 55.5 Å². The van der Waals surface area contributed by atoms with Crippen molar-refractivity contribution < 1.29 is 27.5 Å². The highest BCUT2D eigenvalue weighted by Gasteiger charge is 2.40. The number of halogens is 3. The Bertz CT molecular complexity index is 1130. The minimum atomic E-state index is -4.51. The third kappa shape index (κ3) is 5.78. The van der Waals surface area contributed by atoms with Crippen molar-refractivity contribution in [2.45, 2.75) is 49.7 Å². The molecule has 0 unspecified atom stereocenters. The van der Waals surface area contributed by atoms with E-state index in [9.17, 15) is 22.8 Å². The largest absolute Gasteiger partial charge is 0.417 e. The zero-order chi connectivity index (χ0) is 26.8. The van der Waals surface area contributed by atoms with E-state index in [4.69, 9.17) is 4.74 Å². The Morgan fingerprint density at radius 3 is 2.39 bits per heavy atom. The monoisotopic (exact) mass is 531 g/mol. The quantitative estimate of drug-likeness (QED) is 0.585. The SMILES string of the molecule is O=C(Nc1ccc(C(F)(F)F)cn1)N[C@@H]1CCCN(c2ccc(C3(CN4CCOCC4)CCC3)cc2)C1=O. The van der Waals surface area contributed by atoms with Gasteiger partial charge in [-0.2, -0.15) is 13.2 Å². The van der Waals surface area contributed by atoms with E-state index < -0.39 is 23.8 Å². The zero-order valence-corrected chi connectivity index (χ0v) is 21.1. The summed E-state index contributed by atoms with van der Waals surface area (Å²) in [5.74, 6) is -0.251. The number of rotatable bonds is 6. The van der Waals surface area contributed by atoms with E-state index in [0.29, 0.717) is 25.6 Å². The number of nitrogens with zero attached hydrogens (tertiary/aromatic N) is 3. The molecule has 1 aromatic carbocycles. The van der Waals surface area contributed by atoms with Gasteiger partial charge < -0.3 is 15.0 Å². The van der Waals surface area contributed by atoms with Crippen molar-refractivity contribution in [1.29, 1.82) is 0 Å². The smallest absolute Gasteiger partial charge is 0.379 e. The summed E-state index contributed by atoms with van der Waals surface area (Å²) in [7, 11) is 0. The zero-order valence-electron chi connectivity index (χ0n) is 21.1. The topological polar surface area (TPSA) is 86.8 Å². The number of piperidine rings is 1. The van der Waals surface area contributed by atoms with Crippen molar-refractivity contribution in [1.82, 2.24) is 15.2 Å². The van der Waals surface area contributed by atoms with Gasteiger partial charge >= 0.3 is 12.2 Å². The maximum absolute atomic E-state index is 13.2. The molecule has 204 valence electrons. The van der Waals surface area contributed by atoms with Crippen molar-refractivity contribution >= 4 is 23.4 Å². The van der Waals surface area contributed by atoms with Gasteiger partial charge in [-0.25, -0.2) is 9.78 Å². The lowest BCUT2D eigenvalue weighted by molar-refractivity contribution is -0.137. The van der Waals surface area contributed by atoms with Gasteiger partial charge in [0.15, 0.2) is 0 Å². The first kappa shape index (κ1) is 26.4. The van der Waals surface area contributed by atoms with Crippen LogP contribution in [0.3, 0.4) is 0 Å². The average Bonchev–Trinajstić information content (AvgIpc) is 2.88. The Balaban J connectivity index is 1.20. The number of urea groups is 1. The highest BCUT2D eigenvalue weighted by Crippen LogP contribution is 2.45. The van der Waals surface area contributed by atoms with Crippen LogP contribution in [0.1, 0.15) is 43.2 Å². The van der Waals surface area contributed by atoms with Crippen molar-refractivity contribution in [2.24, 2.45) is 0 Å². The molecule has 0 bridgehead atoms. The second-order valence-corrected chi connectivity index (χ2v) is 10.3. The summed E-state index contributed by atoms with van der Waals surface area (Å²) in [5, 5.41) is 5.04. The molecule has 2 saturated heterocycles. The Morgan fingerprint density at radius 2 is 1.79 bits per heavy atom. The third-order valence-electron chi connectivity index (χ3n) is 7.81. The number of pyridine rings is 1. The second kappa shape index (κ2) is 10.9. The van der Waals surface area contributed by atoms with Gasteiger partial charge in [0.25, 0.3) is 0 Å². The van der Waals surface area contributed by atoms with Gasteiger partial charge in [-0.3, -0.25) is 15.0 Å². The first-order chi connectivity index (χ1) is 18.2. The maximum atomic E-state index is 13.2. The van der Waals surface area contributed by atoms with Crippen LogP contribution >= 0.6 is 0 Å². The normalized spacial score (nSPS) is 22.0. The van der Waals surface area contributed by atoms with Gasteiger partial charge in [0, 0.05) is 43.5 Å². The standard InChI is InChI=1S/C27H32F3N5O3/c28-27(29,30)20-6-9-23(31-17-20)33-25(37)32-22-3-1-12-35(24(22)36)21-7-4-19(5-8-21)26(10-2-11-26)18-34-13-15-38-16-14-34/h4-9,17,22H,1-3,10-16,18H2,(H2,31,32,33,37)/t22-/m1/s1. The number of nitrogens with one attached hydrogen (secondary N) is 2. The predicted octanol–water partition coefficient (Wildman–Crippen LogP) is 4.17. The first-order valence-electron chi connectivity index (χ1n) is 13.1.